The third-order valence-corrected chi connectivity index (χ3v) is 4.43. The van der Waals surface area contributed by atoms with Crippen LogP contribution in [0.5, 0.6) is 5.75 Å². The number of nitrogens with one attached hydrogen (secondary N) is 1. The first-order valence-corrected chi connectivity index (χ1v) is 7.69. The molecule has 0 bridgehead atoms. The van der Waals surface area contributed by atoms with E-state index in [4.69, 9.17) is 4.74 Å². The van der Waals surface area contributed by atoms with Crippen LogP contribution in [0, 0.1) is 17.7 Å². The molecule has 0 aliphatic heterocycles. The number of rotatable bonds is 5. The van der Waals surface area contributed by atoms with Gasteiger partial charge in [0.05, 0.1) is 7.11 Å². The Morgan fingerprint density at radius 1 is 1.35 bits per heavy atom. The van der Waals surface area contributed by atoms with Gasteiger partial charge in [0, 0.05) is 6.04 Å². The highest BCUT2D eigenvalue weighted by Crippen LogP contribution is 2.32. The van der Waals surface area contributed by atoms with E-state index in [2.05, 4.69) is 19.2 Å². The molecule has 1 fully saturated rings. The quantitative estimate of drug-likeness (QED) is 0.885. The van der Waals surface area contributed by atoms with Crippen LogP contribution in [0.2, 0.25) is 0 Å². The van der Waals surface area contributed by atoms with E-state index in [-0.39, 0.29) is 5.82 Å². The highest BCUT2D eigenvalue weighted by atomic mass is 19.1. The fraction of sp³-hybridized carbons (Fsp3) is 0.647. The SMILES string of the molecule is CCNC1CCC(C)CC1Cc1ccc(OC)c(F)c1. The Kier molecular flexibility index (Phi) is 5.41. The molecule has 1 aliphatic carbocycles. The second kappa shape index (κ2) is 7.07. The normalized spacial score (nSPS) is 26.5. The molecule has 0 amide bonds. The maximum atomic E-state index is 13.8. The van der Waals surface area contributed by atoms with Gasteiger partial charge in [0.25, 0.3) is 0 Å². The standard InChI is InChI=1S/C17H26FNO/c1-4-19-16-7-5-12(2)9-14(16)10-13-6-8-17(20-3)15(18)11-13/h6,8,11-12,14,16,19H,4-5,7,9-10H2,1-3H3. The minimum Gasteiger partial charge on any atom is -0.494 e. The van der Waals surface area contributed by atoms with Crippen LogP contribution in [0.25, 0.3) is 0 Å². The molecule has 2 nitrogen and oxygen atoms in total. The van der Waals surface area contributed by atoms with Crippen LogP contribution in [-0.4, -0.2) is 19.7 Å². The molecular weight excluding hydrogens is 253 g/mol. The highest BCUT2D eigenvalue weighted by Gasteiger charge is 2.28. The van der Waals surface area contributed by atoms with E-state index in [0.29, 0.717) is 17.7 Å². The Morgan fingerprint density at radius 3 is 2.80 bits per heavy atom. The van der Waals surface area contributed by atoms with E-state index in [1.807, 2.05) is 6.07 Å². The third-order valence-electron chi connectivity index (χ3n) is 4.43. The maximum Gasteiger partial charge on any atom is 0.165 e. The lowest BCUT2D eigenvalue weighted by Crippen LogP contribution is -2.41. The van der Waals surface area contributed by atoms with E-state index in [1.165, 1.54) is 26.4 Å². The van der Waals surface area contributed by atoms with Gasteiger partial charge in [0.2, 0.25) is 0 Å². The second-order valence-corrected chi connectivity index (χ2v) is 6.02. The molecule has 20 heavy (non-hydrogen) atoms. The molecule has 1 aliphatic rings. The zero-order valence-corrected chi connectivity index (χ0v) is 12.8. The topological polar surface area (TPSA) is 21.3 Å². The lowest BCUT2D eigenvalue weighted by Gasteiger charge is -2.35. The van der Waals surface area contributed by atoms with Crippen molar-refractivity contribution in [2.75, 3.05) is 13.7 Å². The van der Waals surface area contributed by atoms with Crippen LogP contribution >= 0.6 is 0 Å². The summed E-state index contributed by atoms with van der Waals surface area (Å²) in [6, 6.07) is 5.92. The Balaban J connectivity index is 2.07. The van der Waals surface area contributed by atoms with Gasteiger partial charge in [-0.25, -0.2) is 4.39 Å². The molecule has 0 spiro atoms. The van der Waals surface area contributed by atoms with Crippen molar-refractivity contribution < 1.29 is 9.13 Å². The summed E-state index contributed by atoms with van der Waals surface area (Å²) in [5, 5.41) is 3.59. The van der Waals surface area contributed by atoms with Crippen LogP contribution in [-0.2, 0) is 6.42 Å². The van der Waals surface area contributed by atoms with E-state index in [1.54, 1.807) is 12.1 Å². The Hall–Kier alpha value is -1.09. The molecule has 3 heteroatoms. The Labute approximate surface area is 121 Å². The van der Waals surface area contributed by atoms with Gasteiger partial charge in [-0.05, 0) is 61.8 Å². The summed E-state index contributed by atoms with van der Waals surface area (Å²) >= 11 is 0. The van der Waals surface area contributed by atoms with Gasteiger partial charge in [0.1, 0.15) is 0 Å². The van der Waals surface area contributed by atoms with Gasteiger partial charge in [-0.1, -0.05) is 19.9 Å². The van der Waals surface area contributed by atoms with Crippen LogP contribution < -0.4 is 10.1 Å². The fourth-order valence-electron chi connectivity index (χ4n) is 3.39. The monoisotopic (exact) mass is 279 g/mol. The van der Waals surface area contributed by atoms with E-state index in [9.17, 15) is 4.39 Å². The largest absolute Gasteiger partial charge is 0.494 e. The molecule has 1 aromatic rings. The minimum atomic E-state index is -0.256. The molecule has 1 saturated carbocycles. The summed E-state index contributed by atoms with van der Waals surface area (Å²) < 4.78 is 18.8. The number of hydrogen-bond donors (Lipinski definition) is 1. The number of ether oxygens (including phenoxy) is 1. The Morgan fingerprint density at radius 2 is 2.15 bits per heavy atom. The summed E-state index contributed by atoms with van der Waals surface area (Å²) in [4.78, 5) is 0. The summed E-state index contributed by atoms with van der Waals surface area (Å²) in [6.07, 6.45) is 4.71. The van der Waals surface area contributed by atoms with Crippen LogP contribution in [0.1, 0.15) is 38.7 Å². The predicted octanol–water partition coefficient (Wildman–Crippen LogP) is 3.79. The van der Waals surface area contributed by atoms with Crippen molar-refractivity contribution in [3.8, 4) is 5.75 Å². The minimum absolute atomic E-state index is 0.256. The smallest absolute Gasteiger partial charge is 0.165 e. The zero-order valence-electron chi connectivity index (χ0n) is 12.8. The number of hydrogen-bond acceptors (Lipinski definition) is 2. The highest BCUT2D eigenvalue weighted by molar-refractivity contribution is 5.29. The van der Waals surface area contributed by atoms with Gasteiger partial charge < -0.3 is 10.1 Å². The van der Waals surface area contributed by atoms with Gasteiger partial charge in [-0.3, -0.25) is 0 Å². The van der Waals surface area contributed by atoms with Gasteiger partial charge in [0.15, 0.2) is 11.6 Å². The molecule has 0 saturated heterocycles. The molecule has 0 aromatic heterocycles. The maximum absolute atomic E-state index is 13.8. The second-order valence-electron chi connectivity index (χ2n) is 6.02. The van der Waals surface area contributed by atoms with E-state index < -0.39 is 0 Å². The molecule has 1 N–H and O–H groups in total. The van der Waals surface area contributed by atoms with Crippen LogP contribution in [0.4, 0.5) is 4.39 Å². The van der Waals surface area contributed by atoms with Gasteiger partial charge >= 0.3 is 0 Å². The molecule has 0 heterocycles. The molecular formula is C17H26FNO. The summed E-state index contributed by atoms with van der Waals surface area (Å²) in [6.45, 7) is 5.48. The summed E-state index contributed by atoms with van der Waals surface area (Å²) in [7, 11) is 1.50. The fourth-order valence-corrected chi connectivity index (χ4v) is 3.39. The van der Waals surface area contributed by atoms with E-state index in [0.717, 1.165) is 24.4 Å². The van der Waals surface area contributed by atoms with Crippen molar-refractivity contribution in [3.63, 3.8) is 0 Å². The molecule has 3 unspecified atom stereocenters. The molecule has 0 radical (unpaired) electrons. The first-order chi connectivity index (χ1) is 9.63. The molecule has 3 atom stereocenters. The van der Waals surface area contributed by atoms with Gasteiger partial charge in [-0.2, -0.15) is 0 Å². The average molecular weight is 279 g/mol. The third kappa shape index (κ3) is 3.72. The molecule has 2 rings (SSSR count). The van der Waals surface area contributed by atoms with Gasteiger partial charge in [-0.15, -0.1) is 0 Å². The van der Waals surface area contributed by atoms with Crippen LogP contribution in [0.15, 0.2) is 18.2 Å². The number of methoxy groups -OCH3 is 1. The van der Waals surface area contributed by atoms with Crippen molar-refractivity contribution in [2.24, 2.45) is 11.8 Å². The number of benzene rings is 1. The predicted molar refractivity (Wildman–Crippen MR) is 80.6 cm³/mol. The van der Waals surface area contributed by atoms with Crippen molar-refractivity contribution in [1.82, 2.24) is 5.32 Å². The van der Waals surface area contributed by atoms with Crippen molar-refractivity contribution in [3.05, 3.63) is 29.6 Å². The van der Waals surface area contributed by atoms with Crippen LogP contribution in [0.3, 0.4) is 0 Å². The first kappa shape index (κ1) is 15.3. The van der Waals surface area contributed by atoms with E-state index >= 15 is 0 Å². The lowest BCUT2D eigenvalue weighted by atomic mass is 9.76. The lowest BCUT2D eigenvalue weighted by molar-refractivity contribution is 0.214. The molecule has 1 aromatic carbocycles. The molecule has 112 valence electrons. The summed E-state index contributed by atoms with van der Waals surface area (Å²) in [5.74, 6) is 1.45. The zero-order chi connectivity index (χ0) is 14.5. The number of halogens is 1. The summed E-state index contributed by atoms with van der Waals surface area (Å²) in [5.41, 5.74) is 1.07. The Bertz CT molecular complexity index is 435. The van der Waals surface area contributed by atoms with Crippen molar-refractivity contribution in [2.45, 2.75) is 45.6 Å². The van der Waals surface area contributed by atoms with Crippen molar-refractivity contribution >= 4 is 0 Å². The average Bonchev–Trinajstić information content (AvgIpc) is 2.42. The van der Waals surface area contributed by atoms with Crippen molar-refractivity contribution in [1.29, 1.82) is 0 Å². The first-order valence-electron chi connectivity index (χ1n) is 7.69.